The Morgan fingerprint density at radius 3 is 2.67 bits per heavy atom. The molecule has 4 saturated carbocycles. The lowest BCUT2D eigenvalue weighted by atomic mass is 9.49. The molecule has 2 unspecified atom stereocenters. The van der Waals surface area contributed by atoms with Crippen LogP contribution in [-0.4, -0.2) is 17.3 Å². The average Bonchev–Trinajstić information content (AvgIpc) is 2.51. The predicted molar refractivity (Wildman–Crippen MR) is 97.6 cm³/mol. The summed E-state index contributed by atoms with van der Waals surface area (Å²) in [6.45, 7) is 3.01. The smallest absolute Gasteiger partial charge is 0.233 e. The van der Waals surface area contributed by atoms with E-state index in [1.807, 2.05) is 0 Å². The van der Waals surface area contributed by atoms with Crippen molar-refractivity contribution in [2.75, 3.05) is 11.4 Å². The lowest BCUT2D eigenvalue weighted by Gasteiger charge is -2.60. The number of aryl methyl sites for hydroxylation is 2. The van der Waals surface area contributed by atoms with E-state index in [2.05, 4.69) is 30.0 Å². The van der Waals surface area contributed by atoms with Crippen LogP contribution >= 0.6 is 11.6 Å². The molecule has 24 heavy (non-hydrogen) atoms. The van der Waals surface area contributed by atoms with E-state index in [4.69, 9.17) is 11.6 Å². The third kappa shape index (κ3) is 2.18. The molecule has 0 N–H and O–H groups in total. The van der Waals surface area contributed by atoms with Gasteiger partial charge in [-0.15, -0.1) is 11.6 Å². The summed E-state index contributed by atoms with van der Waals surface area (Å²) in [4.78, 5) is 15.7. The topological polar surface area (TPSA) is 20.3 Å². The van der Waals surface area contributed by atoms with E-state index in [0.29, 0.717) is 17.7 Å². The number of hydrogen-bond donors (Lipinski definition) is 0. The first-order valence-corrected chi connectivity index (χ1v) is 9.95. The Labute approximate surface area is 149 Å². The number of amides is 1. The van der Waals surface area contributed by atoms with Crippen LogP contribution in [0.1, 0.15) is 56.1 Å². The van der Waals surface area contributed by atoms with E-state index in [0.717, 1.165) is 57.2 Å². The maximum atomic E-state index is 13.7. The highest BCUT2D eigenvalue weighted by molar-refractivity contribution is 6.24. The van der Waals surface area contributed by atoms with Crippen molar-refractivity contribution >= 4 is 23.2 Å². The summed E-state index contributed by atoms with van der Waals surface area (Å²) in [5, 5.41) is 0. The number of halogens is 1. The fraction of sp³-hybridized carbons (Fsp3) is 0.667. The number of carbonyl (C=O) groups excluding carboxylic acids is 1. The lowest BCUT2D eigenvalue weighted by molar-refractivity contribution is -0.141. The van der Waals surface area contributed by atoms with Crippen LogP contribution in [0.25, 0.3) is 0 Å². The quantitative estimate of drug-likeness (QED) is 0.667. The van der Waals surface area contributed by atoms with Crippen molar-refractivity contribution in [2.24, 2.45) is 17.3 Å². The van der Waals surface area contributed by atoms with Gasteiger partial charge in [-0.2, -0.15) is 0 Å². The monoisotopic (exact) mass is 343 g/mol. The molecule has 5 aliphatic rings. The highest BCUT2D eigenvalue weighted by Crippen LogP contribution is 2.64. The van der Waals surface area contributed by atoms with Gasteiger partial charge in [-0.3, -0.25) is 4.79 Å². The Morgan fingerprint density at radius 2 is 1.96 bits per heavy atom. The standard InChI is InChI=1S/C21H26ClNO/c1-14-4-5-18-17(7-14)3-2-6-23(18)19(24)20-9-15-8-16(10-20)12-21(22,11-15)13-20/h4-5,7,15-16H,2-3,6,8-13H2,1H3. The predicted octanol–water partition coefficient (Wildman–Crippen LogP) is 4.85. The third-order valence-electron chi connectivity index (χ3n) is 7.04. The molecule has 4 aliphatic carbocycles. The maximum Gasteiger partial charge on any atom is 0.233 e. The fourth-order valence-corrected chi connectivity index (χ4v) is 7.32. The van der Waals surface area contributed by atoms with Crippen molar-refractivity contribution in [2.45, 2.75) is 63.2 Å². The molecule has 1 aliphatic heterocycles. The minimum atomic E-state index is -0.175. The fourth-order valence-electron chi connectivity index (χ4n) is 6.62. The minimum absolute atomic E-state index is 0.0916. The van der Waals surface area contributed by atoms with Crippen molar-refractivity contribution in [1.29, 1.82) is 0 Å². The second kappa shape index (κ2) is 5.00. The molecule has 1 amide bonds. The van der Waals surface area contributed by atoms with Gasteiger partial charge in [0.2, 0.25) is 5.91 Å². The number of carbonyl (C=O) groups is 1. The number of rotatable bonds is 1. The summed E-state index contributed by atoms with van der Waals surface area (Å²) in [5.41, 5.74) is 3.62. The maximum absolute atomic E-state index is 13.7. The Morgan fingerprint density at radius 1 is 1.21 bits per heavy atom. The molecule has 2 atom stereocenters. The normalized spacial score (nSPS) is 39.8. The molecule has 3 heteroatoms. The van der Waals surface area contributed by atoms with Crippen LogP contribution in [0.3, 0.4) is 0 Å². The van der Waals surface area contributed by atoms with E-state index in [9.17, 15) is 4.79 Å². The summed E-state index contributed by atoms with van der Waals surface area (Å²) in [5.74, 6) is 1.73. The molecule has 1 aromatic rings. The van der Waals surface area contributed by atoms with Crippen LogP contribution in [0, 0.1) is 24.2 Å². The summed E-state index contributed by atoms with van der Waals surface area (Å²) in [6.07, 6.45) is 8.81. The Bertz CT molecular complexity index is 698. The van der Waals surface area contributed by atoms with Crippen LogP contribution < -0.4 is 4.90 Å². The Balaban J connectivity index is 1.52. The number of benzene rings is 1. The number of hydrogen-bond acceptors (Lipinski definition) is 1. The van der Waals surface area contributed by atoms with Crippen LogP contribution in [-0.2, 0) is 11.2 Å². The zero-order chi connectivity index (χ0) is 16.5. The van der Waals surface area contributed by atoms with Gasteiger partial charge in [0.15, 0.2) is 0 Å². The average molecular weight is 344 g/mol. The van der Waals surface area contributed by atoms with E-state index >= 15 is 0 Å². The SMILES string of the molecule is Cc1ccc2c(c1)CCCN2C(=O)C12CC3CC(CC(Cl)(C3)C1)C2. The van der Waals surface area contributed by atoms with E-state index in [1.54, 1.807) is 0 Å². The summed E-state index contributed by atoms with van der Waals surface area (Å²) >= 11 is 6.95. The lowest BCUT2D eigenvalue weighted by Crippen LogP contribution is -2.59. The number of fused-ring (bicyclic) bond motifs is 1. The van der Waals surface area contributed by atoms with E-state index in [1.165, 1.54) is 17.5 Å². The van der Waals surface area contributed by atoms with Crippen molar-refractivity contribution in [1.82, 2.24) is 0 Å². The molecule has 0 spiro atoms. The van der Waals surface area contributed by atoms with Gasteiger partial charge in [0.25, 0.3) is 0 Å². The van der Waals surface area contributed by atoms with Crippen LogP contribution in [0.4, 0.5) is 5.69 Å². The molecule has 2 nitrogen and oxygen atoms in total. The molecule has 6 rings (SSSR count). The Hall–Kier alpha value is -1.02. The van der Waals surface area contributed by atoms with Gasteiger partial charge < -0.3 is 4.90 Å². The van der Waals surface area contributed by atoms with Gasteiger partial charge in [-0.1, -0.05) is 17.7 Å². The van der Waals surface area contributed by atoms with Gasteiger partial charge in [0, 0.05) is 17.1 Å². The van der Waals surface area contributed by atoms with Gasteiger partial charge in [0.1, 0.15) is 0 Å². The molecule has 128 valence electrons. The van der Waals surface area contributed by atoms with Crippen LogP contribution in [0.2, 0.25) is 0 Å². The minimum Gasteiger partial charge on any atom is -0.312 e. The summed E-state index contributed by atoms with van der Waals surface area (Å²) < 4.78 is 0. The first-order valence-electron chi connectivity index (χ1n) is 9.57. The molecule has 0 saturated heterocycles. The van der Waals surface area contributed by atoms with Crippen LogP contribution in [0.5, 0.6) is 0 Å². The highest BCUT2D eigenvalue weighted by Gasteiger charge is 2.61. The number of nitrogens with zero attached hydrogens (tertiary/aromatic N) is 1. The number of alkyl halides is 1. The summed E-state index contributed by atoms with van der Waals surface area (Å²) in [6, 6.07) is 6.57. The van der Waals surface area contributed by atoms with Gasteiger partial charge in [-0.05, 0) is 81.8 Å². The second-order valence-corrected chi connectivity index (χ2v) is 9.89. The molecular weight excluding hydrogens is 318 g/mol. The molecule has 0 aromatic heterocycles. The molecule has 4 bridgehead atoms. The second-order valence-electron chi connectivity index (χ2n) is 9.08. The highest BCUT2D eigenvalue weighted by atomic mass is 35.5. The first-order chi connectivity index (χ1) is 11.5. The zero-order valence-corrected chi connectivity index (χ0v) is 15.2. The van der Waals surface area contributed by atoms with Crippen molar-refractivity contribution in [3.8, 4) is 0 Å². The van der Waals surface area contributed by atoms with Crippen LogP contribution in [0.15, 0.2) is 18.2 Å². The molecule has 4 fully saturated rings. The van der Waals surface area contributed by atoms with Crippen molar-refractivity contribution in [3.63, 3.8) is 0 Å². The molecular formula is C21H26ClNO. The number of anilines is 1. The Kier molecular flexibility index (Phi) is 3.18. The third-order valence-corrected chi connectivity index (χ3v) is 7.48. The van der Waals surface area contributed by atoms with Crippen molar-refractivity contribution in [3.05, 3.63) is 29.3 Å². The zero-order valence-electron chi connectivity index (χ0n) is 14.5. The van der Waals surface area contributed by atoms with Gasteiger partial charge in [-0.25, -0.2) is 0 Å². The molecule has 1 aromatic carbocycles. The first kappa shape index (κ1) is 15.3. The largest absolute Gasteiger partial charge is 0.312 e. The molecule has 0 radical (unpaired) electrons. The van der Waals surface area contributed by atoms with Gasteiger partial charge in [0.05, 0.1) is 5.41 Å². The van der Waals surface area contributed by atoms with E-state index < -0.39 is 0 Å². The van der Waals surface area contributed by atoms with Gasteiger partial charge >= 0.3 is 0 Å². The summed E-state index contributed by atoms with van der Waals surface area (Å²) in [7, 11) is 0. The van der Waals surface area contributed by atoms with E-state index in [-0.39, 0.29) is 10.3 Å². The molecule has 1 heterocycles. The van der Waals surface area contributed by atoms with Crippen molar-refractivity contribution < 1.29 is 4.79 Å².